The van der Waals surface area contributed by atoms with Crippen LogP contribution in [0, 0.1) is 11.6 Å². The fourth-order valence-electron chi connectivity index (χ4n) is 1.74. The molecule has 0 aliphatic rings. The summed E-state index contributed by atoms with van der Waals surface area (Å²) in [5, 5.41) is 3.08. The smallest absolute Gasteiger partial charge is 0.207 e. The quantitative estimate of drug-likeness (QED) is 0.644. The Morgan fingerprint density at radius 2 is 2.15 bits per heavy atom. The lowest BCUT2D eigenvalue weighted by molar-refractivity contribution is 0.197. The number of halogens is 3. The number of hydrogen-bond acceptors (Lipinski definition) is 3. The van der Waals surface area contributed by atoms with Crippen LogP contribution < -0.4 is 5.32 Å². The minimum Gasteiger partial charge on any atom is -0.385 e. The fourth-order valence-corrected chi connectivity index (χ4v) is 2.07. The number of nitrogens with one attached hydrogen (secondary N) is 1. The van der Waals surface area contributed by atoms with Gasteiger partial charge in [0.25, 0.3) is 0 Å². The van der Waals surface area contributed by atoms with Crippen molar-refractivity contribution in [2.45, 2.75) is 6.42 Å². The summed E-state index contributed by atoms with van der Waals surface area (Å²) in [7, 11) is 1.63. The first-order chi connectivity index (χ1) is 9.63. The lowest BCUT2D eigenvalue weighted by Crippen LogP contribution is -2.10. The average molecular weight is 346 g/mol. The molecule has 0 amide bonds. The maximum absolute atomic E-state index is 13.9. The topological polar surface area (TPSA) is 39.1 Å². The predicted octanol–water partition coefficient (Wildman–Crippen LogP) is 3.36. The molecule has 0 spiro atoms. The first-order valence-electron chi connectivity index (χ1n) is 6.04. The first-order valence-corrected chi connectivity index (χ1v) is 6.84. The molecule has 0 atom stereocenters. The molecule has 0 saturated heterocycles. The molecule has 0 saturated carbocycles. The molecule has 108 valence electrons. The average Bonchev–Trinajstić information content (AvgIpc) is 2.87. The Hall–Kier alpha value is -1.47. The monoisotopic (exact) mass is 345 g/mol. The minimum atomic E-state index is -0.649. The van der Waals surface area contributed by atoms with Crippen LogP contribution in [0.4, 0.5) is 14.7 Å². The minimum absolute atomic E-state index is 0.202. The number of aromatic nitrogens is 2. The highest BCUT2D eigenvalue weighted by atomic mass is 79.9. The van der Waals surface area contributed by atoms with Gasteiger partial charge in [-0.05, 0) is 28.4 Å². The van der Waals surface area contributed by atoms with E-state index in [9.17, 15) is 8.78 Å². The van der Waals surface area contributed by atoms with Crippen LogP contribution in [0.1, 0.15) is 6.42 Å². The van der Waals surface area contributed by atoms with Crippen LogP contribution in [-0.4, -0.2) is 29.8 Å². The summed E-state index contributed by atoms with van der Waals surface area (Å²) in [6, 6.07) is 2.22. The molecule has 0 unspecified atom stereocenters. The van der Waals surface area contributed by atoms with E-state index in [0.717, 1.165) is 12.5 Å². The summed E-state index contributed by atoms with van der Waals surface area (Å²) in [6.45, 7) is 1.28. The third-order valence-corrected chi connectivity index (χ3v) is 3.31. The van der Waals surface area contributed by atoms with Gasteiger partial charge in [0.05, 0.1) is 10.2 Å². The van der Waals surface area contributed by atoms with Gasteiger partial charge in [-0.2, -0.15) is 0 Å². The third-order valence-electron chi connectivity index (χ3n) is 2.70. The molecule has 4 nitrogen and oxygen atoms in total. The second-order valence-corrected chi connectivity index (χ2v) is 4.97. The van der Waals surface area contributed by atoms with Gasteiger partial charge in [-0.15, -0.1) is 0 Å². The number of methoxy groups -OCH3 is 1. The van der Waals surface area contributed by atoms with Crippen molar-refractivity contribution in [3.8, 4) is 5.69 Å². The Morgan fingerprint density at radius 3 is 2.90 bits per heavy atom. The molecule has 2 aromatic rings. The number of benzene rings is 1. The zero-order valence-electron chi connectivity index (χ0n) is 10.9. The Bertz CT molecular complexity index is 589. The van der Waals surface area contributed by atoms with E-state index in [1.807, 2.05) is 0 Å². The van der Waals surface area contributed by atoms with E-state index in [1.165, 1.54) is 10.6 Å². The van der Waals surface area contributed by atoms with Crippen LogP contribution in [0.2, 0.25) is 0 Å². The molecule has 0 fully saturated rings. The van der Waals surface area contributed by atoms with Crippen LogP contribution in [-0.2, 0) is 4.74 Å². The second-order valence-electron chi connectivity index (χ2n) is 4.11. The molecule has 1 N–H and O–H groups in total. The van der Waals surface area contributed by atoms with Gasteiger partial charge in [0.2, 0.25) is 5.95 Å². The van der Waals surface area contributed by atoms with Crippen LogP contribution in [0.5, 0.6) is 0 Å². The van der Waals surface area contributed by atoms with Crippen molar-refractivity contribution in [1.29, 1.82) is 0 Å². The number of nitrogens with zero attached hydrogens (tertiary/aromatic N) is 2. The van der Waals surface area contributed by atoms with Crippen molar-refractivity contribution >= 4 is 21.9 Å². The molecule has 20 heavy (non-hydrogen) atoms. The van der Waals surface area contributed by atoms with Gasteiger partial charge in [-0.1, -0.05) is 0 Å². The maximum atomic E-state index is 13.9. The van der Waals surface area contributed by atoms with E-state index in [0.29, 0.717) is 19.1 Å². The number of rotatable bonds is 6. The molecule has 1 aromatic carbocycles. The molecule has 2 rings (SSSR count). The molecular weight excluding hydrogens is 332 g/mol. The number of ether oxygens (including phenoxy) is 1. The lowest BCUT2D eigenvalue weighted by atomic mass is 10.3. The summed E-state index contributed by atoms with van der Waals surface area (Å²) >= 11 is 3.05. The van der Waals surface area contributed by atoms with Crippen LogP contribution >= 0.6 is 15.9 Å². The molecule has 0 radical (unpaired) electrons. The molecule has 0 aliphatic heterocycles. The normalized spacial score (nSPS) is 10.8. The molecule has 0 bridgehead atoms. The molecule has 0 aliphatic carbocycles. The van der Waals surface area contributed by atoms with E-state index in [2.05, 4.69) is 26.2 Å². The lowest BCUT2D eigenvalue weighted by Gasteiger charge is -2.11. The highest BCUT2D eigenvalue weighted by Gasteiger charge is 2.12. The number of imidazole rings is 1. The van der Waals surface area contributed by atoms with Gasteiger partial charge in [-0.3, -0.25) is 4.57 Å². The van der Waals surface area contributed by atoms with E-state index in [-0.39, 0.29) is 10.2 Å². The summed E-state index contributed by atoms with van der Waals surface area (Å²) in [6.07, 6.45) is 3.97. The van der Waals surface area contributed by atoms with E-state index < -0.39 is 11.6 Å². The molecule has 1 heterocycles. The standard InChI is InChI=1S/C13H14BrF2N3O/c1-20-6-2-3-17-13-18-4-5-19(13)12-7-9(14)10(15)8-11(12)16/h4-5,7-8H,2-3,6H2,1H3,(H,17,18). The summed E-state index contributed by atoms with van der Waals surface area (Å²) in [5.41, 5.74) is 0.227. The van der Waals surface area contributed by atoms with Crippen molar-refractivity contribution in [2.75, 3.05) is 25.6 Å². The van der Waals surface area contributed by atoms with Crippen molar-refractivity contribution in [3.05, 3.63) is 40.6 Å². The van der Waals surface area contributed by atoms with Gasteiger partial charge in [0, 0.05) is 38.7 Å². The van der Waals surface area contributed by atoms with E-state index in [4.69, 9.17) is 4.74 Å². The molecular formula is C13H14BrF2N3O. The summed E-state index contributed by atoms with van der Waals surface area (Å²) in [5.74, 6) is -0.789. The van der Waals surface area contributed by atoms with Crippen LogP contribution in [0.15, 0.2) is 29.0 Å². The predicted molar refractivity (Wildman–Crippen MR) is 76.2 cm³/mol. The van der Waals surface area contributed by atoms with Gasteiger partial charge in [0.1, 0.15) is 11.6 Å². The Balaban J connectivity index is 2.21. The second kappa shape index (κ2) is 6.81. The van der Waals surface area contributed by atoms with Crippen molar-refractivity contribution in [3.63, 3.8) is 0 Å². The van der Waals surface area contributed by atoms with Crippen molar-refractivity contribution in [2.24, 2.45) is 0 Å². The fraction of sp³-hybridized carbons (Fsp3) is 0.308. The summed E-state index contributed by atoms with van der Waals surface area (Å²) < 4.78 is 33.8. The Kier molecular flexibility index (Phi) is 5.08. The largest absolute Gasteiger partial charge is 0.385 e. The first kappa shape index (κ1) is 14.9. The molecule has 7 heteroatoms. The Morgan fingerprint density at radius 1 is 1.35 bits per heavy atom. The zero-order chi connectivity index (χ0) is 14.5. The van der Waals surface area contributed by atoms with Crippen molar-refractivity contribution < 1.29 is 13.5 Å². The maximum Gasteiger partial charge on any atom is 0.207 e. The van der Waals surface area contributed by atoms with E-state index in [1.54, 1.807) is 19.5 Å². The van der Waals surface area contributed by atoms with Crippen LogP contribution in [0.3, 0.4) is 0 Å². The number of hydrogen-bond donors (Lipinski definition) is 1. The van der Waals surface area contributed by atoms with Gasteiger partial charge < -0.3 is 10.1 Å². The zero-order valence-corrected chi connectivity index (χ0v) is 12.5. The Labute approximate surface area is 123 Å². The van der Waals surface area contributed by atoms with E-state index >= 15 is 0 Å². The van der Waals surface area contributed by atoms with Gasteiger partial charge in [-0.25, -0.2) is 13.8 Å². The number of anilines is 1. The highest BCUT2D eigenvalue weighted by molar-refractivity contribution is 9.10. The van der Waals surface area contributed by atoms with Crippen molar-refractivity contribution in [1.82, 2.24) is 9.55 Å². The highest BCUT2D eigenvalue weighted by Crippen LogP contribution is 2.24. The SMILES string of the molecule is COCCCNc1nccn1-c1cc(Br)c(F)cc1F. The third kappa shape index (κ3) is 3.34. The summed E-state index contributed by atoms with van der Waals surface area (Å²) in [4.78, 5) is 4.12. The molecule has 1 aromatic heterocycles. The van der Waals surface area contributed by atoms with Gasteiger partial charge >= 0.3 is 0 Å². The van der Waals surface area contributed by atoms with Crippen LogP contribution in [0.25, 0.3) is 5.69 Å². The van der Waals surface area contributed by atoms with Gasteiger partial charge in [0.15, 0.2) is 0 Å².